The molecule has 76 valence electrons. The van der Waals surface area contributed by atoms with Crippen molar-refractivity contribution in [2.24, 2.45) is 0 Å². The number of halogens is 2. The van der Waals surface area contributed by atoms with Gasteiger partial charge in [-0.3, -0.25) is 4.98 Å². The van der Waals surface area contributed by atoms with E-state index < -0.39 is 0 Å². The summed E-state index contributed by atoms with van der Waals surface area (Å²) in [5.74, 6) is 0.477. The molecule has 0 fully saturated rings. The SMILES string of the molecule is ClCc1cncc(-c2ccc(Br)nc2)c1. The maximum Gasteiger partial charge on any atom is 0.106 e. The number of rotatable bonds is 2. The molecule has 2 aromatic heterocycles. The highest BCUT2D eigenvalue weighted by Gasteiger charge is 2.00. The van der Waals surface area contributed by atoms with Crippen LogP contribution in [0.15, 0.2) is 41.4 Å². The van der Waals surface area contributed by atoms with Crippen LogP contribution < -0.4 is 0 Å². The molecule has 2 rings (SSSR count). The summed E-state index contributed by atoms with van der Waals surface area (Å²) in [7, 11) is 0. The highest BCUT2D eigenvalue weighted by Crippen LogP contribution is 2.20. The summed E-state index contributed by atoms with van der Waals surface area (Å²) >= 11 is 9.05. The van der Waals surface area contributed by atoms with E-state index in [0.29, 0.717) is 5.88 Å². The predicted molar refractivity (Wildman–Crippen MR) is 64.7 cm³/mol. The van der Waals surface area contributed by atoms with Crippen LogP contribution in [0.25, 0.3) is 11.1 Å². The molecule has 0 aromatic carbocycles. The van der Waals surface area contributed by atoms with Crippen molar-refractivity contribution in [1.29, 1.82) is 0 Å². The third kappa shape index (κ3) is 2.55. The van der Waals surface area contributed by atoms with Crippen molar-refractivity contribution in [3.8, 4) is 11.1 Å². The van der Waals surface area contributed by atoms with Gasteiger partial charge >= 0.3 is 0 Å². The van der Waals surface area contributed by atoms with Crippen LogP contribution in [0.1, 0.15) is 5.56 Å². The lowest BCUT2D eigenvalue weighted by Crippen LogP contribution is -1.85. The fourth-order valence-electron chi connectivity index (χ4n) is 1.27. The third-order valence-corrected chi connectivity index (χ3v) is 2.79. The molecule has 2 heterocycles. The van der Waals surface area contributed by atoms with E-state index in [9.17, 15) is 0 Å². The summed E-state index contributed by atoms with van der Waals surface area (Å²) in [6, 6.07) is 5.92. The van der Waals surface area contributed by atoms with Crippen LogP contribution in [0, 0.1) is 0 Å². The van der Waals surface area contributed by atoms with Gasteiger partial charge < -0.3 is 0 Å². The highest BCUT2D eigenvalue weighted by atomic mass is 79.9. The number of pyridine rings is 2. The maximum atomic E-state index is 5.75. The molecule has 0 radical (unpaired) electrons. The number of hydrogen-bond donors (Lipinski definition) is 0. The average molecular weight is 284 g/mol. The topological polar surface area (TPSA) is 25.8 Å². The minimum atomic E-state index is 0.477. The molecule has 0 unspecified atom stereocenters. The zero-order valence-corrected chi connectivity index (χ0v) is 10.2. The highest BCUT2D eigenvalue weighted by molar-refractivity contribution is 9.10. The van der Waals surface area contributed by atoms with E-state index in [1.165, 1.54) is 0 Å². The van der Waals surface area contributed by atoms with Crippen molar-refractivity contribution in [2.75, 3.05) is 0 Å². The third-order valence-electron chi connectivity index (χ3n) is 2.01. The van der Waals surface area contributed by atoms with Crippen molar-refractivity contribution in [3.05, 3.63) is 47.0 Å². The van der Waals surface area contributed by atoms with Crippen LogP contribution in [-0.4, -0.2) is 9.97 Å². The molecule has 0 spiro atoms. The van der Waals surface area contributed by atoms with Gasteiger partial charge in [0.05, 0.1) is 0 Å². The zero-order chi connectivity index (χ0) is 10.7. The summed E-state index contributed by atoms with van der Waals surface area (Å²) < 4.78 is 0.827. The molecule has 0 aliphatic carbocycles. The molecule has 0 bridgehead atoms. The molecule has 0 aliphatic rings. The lowest BCUT2D eigenvalue weighted by molar-refractivity contribution is 1.23. The molecule has 15 heavy (non-hydrogen) atoms. The normalized spacial score (nSPS) is 10.3. The van der Waals surface area contributed by atoms with E-state index in [1.54, 1.807) is 18.6 Å². The quantitative estimate of drug-likeness (QED) is 0.621. The second-order valence-corrected chi connectivity index (χ2v) is 4.16. The van der Waals surface area contributed by atoms with Crippen LogP contribution in [0.2, 0.25) is 0 Å². The van der Waals surface area contributed by atoms with Crippen LogP contribution in [-0.2, 0) is 5.88 Å². The first kappa shape index (κ1) is 10.6. The first-order valence-corrected chi connectivity index (χ1v) is 5.74. The van der Waals surface area contributed by atoms with Crippen molar-refractivity contribution in [3.63, 3.8) is 0 Å². The molecular weight excluding hydrogens is 275 g/mol. The lowest BCUT2D eigenvalue weighted by atomic mass is 10.1. The largest absolute Gasteiger partial charge is 0.264 e. The Balaban J connectivity index is 2.40. The van der Waals surface area contributed by atoms with Gasteiger partial charge in [-0.2, -0.15) is 0 Å². The van der Waals surface area contributed by atoms with Crippen LogP contribution >= 0.6 is 27.5 Å². The summed E-state index contributed by atoms with van der Waals surface area (Å²) in [6.45, 7) is 0. The summed E-state index contributed by atoms with van der Waals surface area (Å²) in [5, 5.41) is 0. The van der Waals surface area contributed by atoms with Crippen molar-refractivity contribution in [2.45, 2.75) is 5.88 Å². The first-order chi connectivity index (χ1) is 7.29. The number of hydrogen-bond acceptors (Lipinski definition) is 2. The number of nitrogens with zero attached hydrogens (tertiary/aromatic N) is 2. The van der Waals surface area contributed by atoms with E-state index in [1.807, 2.05) is 18.2 Å². The van der Waals surface area contributed by atoms with E-state index in [0.717, 1.165) is 21.3 Å². The van der Waals surface area contributed by atoms with Gasteiger partial charge in [-0.15, -0.1) is 11.6 Å². The fourth-order valence-corrected chi connectivity index (χ4v) is 1.65. The predicted octanol–water partition coefficient (Wildman–Crippen LogP) is 3.64. The van der Waals surface area contributed by atoms with Crippen LogP contribution in [0.5, 0.6) is 0 Å². The van der Waals surface area contributed by atoms with Crippen LogP contribution in [0.4, 0.5) is 0 Å². The molecular formula is C11H8BrClN2. The molecule has 2 aromatic rings. The van der Waals surface area contributed by atoms with Gasteiger partial charge in [0.25, 0.3) is 0 Å². The molecule has 0 atom stereocenters. The Hall–Kier alpha value is -0.930. The summed E-state index contributed by atoms with van der Waals surface area (Å²) in [5.41, 5.74) is 3.09. The minimum Gasteiger partial charge on any atom is -0.264 e. The molecule has 0 N–H and O–H groups in total. The van der Waals surface area contributed by atoms with E-state index >= 15 is 0 Å². The smallest absolute Gasteiger partial charge is 0.106 e. The Kier molecular flexibility index (Phi) is 3.34. The second-order valence-electron chi connectivity index (χ2n) is 3.09. The molecule has 0 aliphatic heterocycles. The maximum absolute atomic E-state index is 5.75. The van der Waals surface area contributed by atoms with Gasteiger partial charge in [-0.25, -0.2) is 4.98 Å². The number of alkyl halides is 1. The van der Waals surface area contributed by atoms with Crippen molar-refractivity contribution < 1.29 is 0 Å². The van der Waals surface area contributed by atoms with E-state index in [-0.39, 0.29) is 0 Å². The van der Waals surface area contributed by atoms with Crippen LogP contribution in [0.3, 0.4) is 0 Å². The first-order valence-electron chi connectivity index (χ1n) is 4.41. The van der Waals surface area contributed by atoms with Gasteiger partial charge in [-0.1, -0.05) is 6.07 Å². The number of aromatic nitrogens is 2. The fraction of sp³-hybridized carbons (Fsp3) is 0.0909. The Labute approximate surface area is 101 Å². The molecule has 0 amide bonds. The Morgan fingerprint density at radius 3 is 2.67 bits per heavy atom. The minimum absolute atomic E-state index is 0.477. The van der Waals surface area contributed by atoms with Gasteiger partial charge in [0, 0.05) is 35.6 Å². The summed E-state index contributed by atoms with van der Waals surface area (Å²) in [4.78, 5) is 8.30. The Bertz CT molecular complexity index is 456. The Morgan fingerprint density at radius 1 is 1.13 bits per heavy atom. The van der Waals surface area contributed by atoms with Gasteiger partial charge in [0.15, 0.2) is 0 Å². The lowest BCUT2D eigenvalue weighted by Gasteiger charge is -2.02. The molecule has 0 saturated carbocycles. The Morgan fingerprint density at radius 2 is 2.00 bits per heavy atom. The standard InChI is InChI=1S/C11H8BrClN2/c12-11-2-1-9(7-15-11)10-3-8(4-13)5-14-6-10/h1-3,5-7H,4H2. The van der Waals surface area contributed by atoms with Crippen molar-refractivity contribution >= 4 is 27.5 Å². The average Bonchev–Trinajstić information content (AvgIpc) is 2.30. The summed E-state index contributed by atoms with van der Waals surface area (Å²) in [6.07, 6.45) is 5.38. The van der Waals surface area contributed by atoms with E-state index in [2.05, 4.69) is 25.9 Å². The molecule has 2 nitrogen and oxygen atoms in total. The molecule has 0 saturated heterocycles. The zero-order valence-electron chi connectivity index (χ0n) is 7.82. The molecule has 4 heteroatoms. The van der Waals surface area contributed by atoms with Gasteiger partial charge in [0.2, 0.25) is 0 Å². The van der Waals surface area contributed by atoms with E-state index in [4.69, 9.17) is 11.6 Å². The second kappa shape index (κ2) is 4.73. The van der Waals surface area contributed by atoms with Crippen molar-refractivity contribution in [1.82, 2.24) is 9.97 Å². The monoisotopic (exact) mass is 282 g/mol. The van der Waals surface area contributed by atoms with Gasteiger partial charge in [-0.05, 0) is 33.6 Å². The van der Waals surface area contributed by atoms with Gasteiger partial charge in [0.1, 0.15) is 4.60 Å².